The Morgan fingerprint density at radius 2 is 2.00 bits per heavy atom. The summed E-state index contributed by atoms with van der Waals surface area (Å²) in [7, 11) is 3.50. The van der Waals surface area contributed by atoms with E-state index < -0.39 is 0 Å². The smallest absolute Gasteiger partial charge is 0.287 e. The van der Waals surface area contributed by atoms with Gasteiger partial charge < -0.3 is 14.5 Å². The van der Waals surface area contributed by atoms with Gasteiger partial charge in [-0.05, 0) is 35.7 Å². The highest BCUT2D eigenvalue weighted by Gasteiger charge is 2.14. The van der Waals surface area contributed by atoms with E-state index in [1.54, 1.807) is 19.4 Å². The number of hydrogen-bond acceptors (Lipinski definition) is 4. The Kier molecular flexibility index (Phi) is 4.85. The van der Waals surface area contributed by atoms with Crippen molar-refractivity contribution in [1.82, 2.24) is 15.1 Å². The van der Waals surface area contributed by atoms with Crippen LogP contribution in [0.1, 0.15) is 16.1 Å². The zero-order valence-electron chi connectivity index (χ0n) is 15.8. The van der Waals surface area contributed by atoms with Crippen molar-refractivity contribution in [3.05, 3.63) is 72.1 Å². The summed E-state index contributed by atoms with van der Waals surface area (Å²) in [4.78, 5) is 12.4. The fourth-order valence-corrected chi connectivity index (χ4v) is 3.22. The van der Waals surface area contributed by atoms with E-state index in [1.165, 1.54) is 0 Å². The Hall–Kier alpha value is -3.54. The van der Waals surface area contributed by atoms with Gasteiger partial charge >= 0.3 is 0 Å². The van der Waals surface area contributed by atoms with Crippen LogP contribution in [0.15, 0.2) is 65.2 Å². The Morgan fingerprint density at radius 3 is 2.71 bits per heavy atom. The molecule has 0 saturated carbocycles. The molecule has 6 heteroatoms. The number of ether oxygens (including phenoxy) is 1. The highest BCUT2D eigenvalue weighted by molar-refractivity contribution is 5.97. The Balaban J connectivity index is 1.37. The molecule has 4 rings (SSSR count). The van der Waals surface area contributed by atoms with Crippen molar-refractivity contribution in [1.29, 1.82) is 0 Å². The molecule has 0 aliphatic heterocycles. The highest BCUT2D eigenvalue weighted by Crippen LogP contribution is 2.28. The van der Waals surface area contributed by atoms with E-state index >= 15 is 0 Å². The number of aromatic nitrogens is 2. The van der Waals surface area contributed by atoms with Crippen molar-refractivity contribution in [2.24, 2.45) is 7.05 Å². The lowest BCUT2D eigenvalue weighted by atomic mass is 10.1. The molecule has 142 valence electrons. The molecule has 0 aliphatic carbocycles. The van der Waals surface area contributed by atoms with Gasteiger partial charge in [-0.25, -0.2) is 0 Å². The van der Waals surface area contributed by atoms with E-state index in [9.17, 15) is 4.79 Å². The number of nitrogens with one attached hydrogen (secondary N) is 1. The number of aryl methyl sites for hydroxylation is 1. The number of fused-ring (bicyclic) bond motifs is 1. The maximum Gasteiger partial charge on any atom is 0.287 e. The lowest BCUT2D eigenvalue weighted by molar-refractivity contribution is 0.0928. The average molecular weight is 375 g/mol. The van der Waals surface area contributed by atoms with Crippen LogP contribution in [0.25, 0.3) is 22.2 Å². The van der Waals surface area contributed by atoms with Crippen molar-refractivity contribution >= 4 is 16.9 Å². The van der Waals surface area contributed by atoms with Crippen LogP contribution in [0.2, 0.25) is 0 Å². The van der Waals surface area contributed by atoms with Crippen LogP contribution >= 0.6 is 0 Å². The number of hydrogen-bond donors (Lipinski definition) is 1. The van der Waals surface area contributed by atoms with Gasteiger partial charge in [0.05, 0.1) is 12.8 Å². The van der Waals surface area contributed by atoms with Crippen LogP contribution in [0.3, 0.4) is 0 Å². The van der Waals surface area contributed by atoms with Gasteiger partial charge in [0, 0.05) is 25.2 Å². The Morgan fingerprint density at radius 1 is 1.18 bits per heavy atom. The Labute approximate surface area is 162 Å². The molecular weight excluding hydrogens is 354 g/mol. The first-order chi connectivity index (χ1) is 13.7. The van der Waals surface area contributed by atoms with Crippen LogP contribution in [0, 0.1) is 0 Å². The number of methoxy groups -OCH3 is 1. The monoisotopic (exact) mass is 375 g/mol. The SMILES string of the molecule is COc1cccc2cc(C(=O)NCCc3ccc(-c4ccnn4C)cc3)oc12. The van der Waals surface area contributed by atoms with Gasteiger partial charge in [-0.15, -0.1) is 0 Å². The molecular formula is C22H21N3O3. The van der Waals surface area contributed by atoms with Gasteiger partial charge in [0.15, 0.2) is 17.1 Å². The second-order valence-electron chi connectivity index (χ2n) is 6.53. The second kappa shape index (κ2) is 7.60. The fourth-order valence-electron chi connectivity index (χ4n) is 3.22. The third-order valence-electron chi connectivity index (χ3n) is 4.72. The maximum absolute atomic E-state index is 12.4. The normalized spacial score (nSPS) is 10.9. The fraction of sp³-hybridized carbons (Fsp3) is 0.182. The van der Waals surface area contributed by atoms with Gasteiger partial charge in [0.25, 0.3) is 5.91 Å². The molecule has 0 unspecified atom stereocenters. The first kappa shape index (κ1) is 17.9. The molecule has 0 radical (unpaired) electrons. The van der Waals surface area contributed by atoms with E-state index in [4.69, 9.17) is 9.15 Å². The molecule has 2 aromatic carbocycles. The lowest BCUT2D eigenvalue weighted by Crippen LogP contribution is -2.25. The molecule has 6 nitrogen and oxygen atoms in total. The van der Waals surface area contributed by atoms with Gasteiger partial charge in [0.1, 0.15) is 0 Å². The predicted molar refractivity (Wildman–Crippen MR) is 107 cm³/mol. The zero-order chi connectivity index (χ0) is 19.5. The molecule has 0 aliphatic rings. The summed E-state index contributed by atoms with van der Waals surface area (Å²) < 4.78 is 12.8. The van der Waals surface area contributed by atoms with Gasteiger partial charge in [-0.1, -0.05) is 36.4 Å². The number of furan rings is 1. The first-order valence-corrected chi connectivity index (χ1v) is 9.08. The van der Waals surface area contributed by atoms with E-state index in [0.717, 1.165) is 28.6 Å². The van der Waals surface area contributed by atoms with Crippen LogP contribution in [0.4, 0.5) is 0 Å². The van der Waals surface area contributed by atoms with Crippen LogP contribution in [-0.2, 0) is 13.5 Å². The molecule has 1 amide bonds. The standard InChI is InChI=1S/C22H21N3O3/c1-25-18(11-13-24-25)16-8-6-15(7-9-16)10-12-23-22(26)20-14-17-4-3-5-19(27-2)21(17)28-20/h3-9,11,13-14H,10,12H2,1-2H3,(H,23,26). The summed E-state index contributed by atoms with van der Waals surface area (Å²) in [5.74, 6) is 0.667. The number of benzene rings is 2. The number of para-hydroxylation sites is 1. The first-order valence-electron chi connectivity index (χ1n) is 9.08. The van der Waals surface area contributed by atoms with Crippen molar-refractivity contribution in [3.8, 4) is 17.0 Å². The summed E-state index contributed by atoms with van der Waals surface area (Å²) >= 11 is 0. The molecule has 0 bridgehead atoms. The number of rotatable bonds is 6. The topological polar surface area (TPSA) is 69.3 Å². The van der Waals surface area contributed by atoms with E-state index in [1.807, 2.05) is 36.0 Å². The molecule has 0 saturated heterocycles. The summed E-state index contributed by atoms with van der Waals surface area (Å²) in [5, 5.41) is 7.94. The Bertz CT molecular complexity index is 1110. The summed E-state index contributed by atoms with van der Waals surface area (Å²) in [6, 6.07) is 17.6. The quantitative estimate of drug-likeness (QED) is 0.556. The molecule has 2 heterocycles. The number of amides is 1. The number of nitrogens with zero attached hydrogens (tertiary/aromatic N) is 2. The average Bonchev–Trinajstić information content (AvgIpc) is 3.34. The van der Waals surface area contributed by atoms with Crippen LogP contribution < -0.4 is 10.1 Å². The van der Waals surface area contributed by atoms with Gasteiger partial charge in [-0.2, -0.15) is 5.10 Å². The zero-order valence-corrected chi connectivity index (χ0v) is 15.8. The molecule has 0 fully saturated rings. The molecule has 28 heavy (non-hydrogen) atoms. The van der Waals surface area contributed by atoms with Crippen molar-refractivity contribution in [2.45, 2.75) is 6.42 Å². The third-order valence-corrected chi connectivity index (χ3v) is 4.72. The predicted octanol–water partition coefficient (Wildman–Crippen LogP) is 3.81. The summed E-state index contributed by atoms with van der Waals surface area (Å²) in [6.45, 7) is 0.526. The molecule has 4 aromatic rings. The van der Waals surface area contributed by atoms with Gasteiger partial charge in [-0.3, -0.25) is 9.48 Å². The molecule has 0 spiro atoms. The maximum atomic E-state index is 12.4. The minimum atomic E-state index is -0.232. The van der Waals surface area contributed by atoms with Crippen molar-refractivity contribution in [3.63, 3.8) is 0 Å². The lowest BCUT2D eigenvalue weighted by Gasteiger charge is -2.06. The van der Waals surface area contributed by atoms with E-state index in [-0.39, 0.29) is 11.7 Å². The highest BCUT2D eigenvalue weighted by atomic mass is 16.5. The third kappa shape index (κ3) is 3.49. The minimum Gasteiger partial charge on any atom is -0.493 e. The van der Waals surface area contributed by atoms with E-state index in [0.29, 0.717) is 17.9 Å². The van der Waals surface area contributed by atoms with Crippen molar-refractivity contribution < 1.29 is 13.9 Å². The van der Waals surface area contributed by atoms with E-state index in [2.05, 4.69) is 34.7 Å². The van der Waals surface area contributed by atoms with Gasteiger partial charge in [0.2, 0.25) is 0 Å². The molecule has 2 aromatic heterocycles. The molecule has 1 N–H and O–H groups in total. The minimum absolute atomic E-state index is 0.232. The summed E-state index contributed by atoms with van der Waals surface area (Å²) in [6.07, 6.45) is 2.52. The largest absolute Gasteiger partial charge is 0.493 e. The van der Waals surface area contributed by atoms with Crippen molar-refractivity contribution in [2.75, 3.05) is 13.7 Å². The molecule has 0 atom stereocenters. The second-order valence-corrected chi connectivity index (χ2v) is 6.53. The van der Waals surface area contributed by atoms with Crippen LogP contribution in [0.5, 0.6) is 5.75 Å². The number of carbonyl (C=O) groups is 1. The van der Waals surface area contributed by atoms with Crippen LogP contribution in [-0.4, -0.2) is 29.3 Å². The number of carbonyl (C=O) groups excluding carboxylic acids is 1. The summed E-state index contributed by atoms with van der Waals surface area (Å²) in [5.41, 5.74) is 3.92.